The van der Waals surface area contributed by atoms with Gasteiger partial charge in [0.25, 0.3) is 0 Å². The van der Waals surface area contributed by atoms with E-state index in [9.17, 15) is 24.2 Å². The van der Waals surface area contributed by atoms with Gasteiger partial charge in [0.1, 0.15) is 12.2 Å². The molecule has 0 spiro atoms. The van der Waals surface area contributed by atoms with Crippen LogP contribution in [-0.2, 0) is 9.47 Å². The lowest BCUT2D eigenvalue weighted by Crippen LogP contribution is -2.36. The van der Waals surface area contributed by atoms with Gasteiger partial charge in [-0.1, -0.05) is 13.8 Å². The van der Waals surface area contributed by atoms with Gasteiger partial charge in [0.05, 0.1) is 18.9 Å². The lowest BCUT2D eigenvalue weighted by atomic mass is 10.1. The van der Waals surface area contributed by atoms with Crippen molar-refractivity contribution >= 4 is 11.9 Å². The van der Waals surface area contributed by atoms with E-state index in [2.05, 4.69) is 10.3 Å². The fraction of sp³-hybridized carbons (Fsp3) is 0.667. The van der Waals surface area contributed by atoms with Crippen LogP contribution in [0.15, 0.2) is 11.0 Å². The maximum absolute atomic E-state index is 14.1. The quantitative estimate of drug-likeness (QED) is 0.704. The summed E-state index contributed by atoms with van der Waals surface area (Å²) in [5.41, 5.74) is -0.954. The molecule has 0 unspecified atom stereocenters. The molecule has 1 aliphatic heterocycles. The van der Waals surface area contributed by atoms with Gasteiger partial charge in [-0.25, -0.2) is 14.0 Å². The Hall–Kier alpha value is -2.04. The first-order valence-electron chi connectivity index (χ1n) is 7.94. The molecule has 0 bridgehead atoms. The topological polar surface area (TPSA) is 123 Å². The Morgan fingerprint density at radius 2 is 2.16 bits per heavy atom. The number of halogens is 1. The van der Waals surface area contributed by atoms with Crippen LogP contribution in [-0.4, -0.2) is 50.8 Å². The minimum Gasteiger partial charge on any atom is -0.449 e. The van der Waals surface area contributed by atoms with E-state index < -0.39 is 48.0 Å². The van der Waals surface area contributed by atoms with E-state index in [-0.39, 0.29) is 6.61 Å². The third-order valence-corrected chi connectivity index (χ3v) is 3.81. The number of rotatable bonds is 5. The summed E-state index contributed by atoms with van der Waals surface area (Å²) < 4.78 is 25.0. The van der Waals surface area contributed by atoms with Gasteiger partial charge in [0, 0.05) is 0 Å². The first-order chi connectivity index (χ1) is 11.7. The van der Waals surface area contributed by atoms with Crippen LogP contribution in [0.2, 0.25) is 0 Å². The number of hydrogen-bond acceptors (Lipinski definition) is 7. The highest BCUT2D eigenvalue weighted by molar-refractivity contribution is 5.83. The third kappa shape index (κ3) is 4.53. The number of aliphatic hydroxyl groups excluding tert-OH is 2. The van der Waals surface area contributed by atoms with Crippen molar-refractivity contribution in [1.29, 1.82) is 0 Å². The van der Waals surface area contributed by atoms with Gasteiger partial charge in [0.2, 0.25) is 0 Å². The average Bonchev–Trinajstić information content (AvgIpc) is 2.77. The van der Waals surface area contributed by atoms with E-state index >= 15 is 0 Å². The number of ether oxygens (including phenoxy) is 2. The summed E-state index contributed by atoms with van der Waals surface area (Å²) in [5, 5.41) is 21.6. The molecule has 1 aromatic rings. The number of anilines is 1. The molecule has 1 saturated heterocycles. The van der Waals surface area contributed by atoms with Crippen molar-refractivity contribution in [3.63, 3.8) is 0 Å². The molecule has 0 radical (unpaired) electrons. The van der Waals surface area contributed by atoms with Gasteiger partial charge in [-0.15, -0.1) is 0 Å². The number of amides is 1. The number of aliphatic hydroxyl groups is 2. The lowest BCUT2D eigenvalue weighted by Gasteiger charge is -2.17. The van der Waals surface area contributed by atoms with Gasteiger partial charge < -0.3 is 19.7 Å². The first-order valence-corrected chi connectivity index (χ1v) is 7.94. The molecule has 9 nitrogen and oxygen atoms in total. The fourth-order valence-electron chi connectivity index (χ4n) is 2.29. The standard InChI is InChI=1S/C15H22FN3O6/c1-7(2)4-5-24-15(23)18-12-9(16)6-19(14(22)17-12)13-11(21)10(20)8(3)25-13/h6-8,10-11,13,20-21H,4-5H2,1-3H3,(H,17,18,22,23)/t8-,10+,11-,13-/m1/s1. The Morgan fingerprint density at radius 3 is 2.72 bits per heavy atom. The van der Waals surface area contributed by atoms with Crippen LogP contribution >= 0.6 is 0 Å². The molecule has 0 aliphatic carbocycles. The van der Waals surface area contributed by atoms with E-state index in [0.717, 1.165) is 10.8 Å². The zero-order valence-electron chi connectivity index (χ0n) is 14.2. The zero-order valence-corrected chi connectivity index (χ0v) is 14.2. The molecule has 0 saturated carbocycles. The van der Waals surface area contributed by atoms with Crippen LogP contribution in [0.4, 0.5) is 15.0 Å². The Bertz CT molecular complexity index is 680. The summed E-state index contributed by atoms with van der Waals surface area (Å²) in [6, 6.07) is 0. The largest absolute Gasteiger partial charge is 0.449 e. The second kappa shape index (κ2) is 7.89. The lowest BCUT2D eigenvalue weighted by molar-refractivity contribution is -0.0355. The highest BCUT2D eigenvalue weighted by atomic mass is 19.1. The average molecular weight is 359 g/mol. The van der Waals surface area contributed by atoms with Gasteiger partial charge in [-0.05, 0) is 19.3 Å². The normalized spacial score (nSPS) is 26.0. The van der Waals surface area contributed by atoms with Crippen molar-refractivity contribution in [2.24, 2.45) is 5.92 Å². The molecule has 10 heteroatoms. The van der Waals surface area contributed by atoms with Crippen molar-refractivity contribution in [1.82, 2.24) is 9.55 Å². The summed E-state index contributed by atoms with van der Waals surface area (Å²) in [5.74, 6) is -1.26. The van der Waals surface area contributed by atoms with Gasteiger partial charge >= 0.3 is 11.8 Å². The molecule has 1 aromatic heterocycles. The van der Waals surface area contributed by atoms with Gasteiger partial charge in [-0.2, -0.15) is 4.98 Å². The summed E-state index contributed by atoms with van der Waals surface area (Å²) in [6.07, 6.45) is -4.16. The molecule has 1 fully saturated rings. The molecule has 2 heterocycles. The van der Waals surface area contributed by atoms with Gasteiger partial charge in [-0.3, -0.25) is 9.88 Å². The number of carbonyl (C=O) groups is 1. The predicted molar refractivity (Wildman–Crippen MR) is 84.5 cm³/mol. The molecular weight excluding hydrogens is 337 g/mol. The first kappa shape index (κ1) is 19.3. The van der Waals surface area contributed by atoms with Crippen molar-refractivity contribution < 1.29 is 28.9 Å². The van der Waals surface area contributed by atoms with E-state index in [1.807, 2.05) is 13.8 Å². The Balaban J connectivity index is 2.10. The van der Waals surface area contributed by atoms with Crippen LogP contribution in [0.3, 0.4) is 0 Å². The summed E-state index contributed by atoms with van der Waals surface area (Å²) in [6.45, 7) is 5.57. The van der Waals surface area contributed by atoms with Crippen molar-refractivity contribution in [3.8, 4) is 0 Å². The highest BCUT2D eigenvalue weighted by Crippen LogP contribution is 2.28. The Morgan fingerprint density at radius 1 is 1.48 bits per heavy atom. The molecule has 0 aromatic carbocycles. The van der Waals surface area contributed by atoms with E-state index in [0.29, 0.717) is 12.3 Å². The molecule has 4 atom stereocenters. The summed E-state index contributed by atoms with van der Waals surface area (Å²) >= 11 is 0. The third-order valence-electron chi connectivity index (χ3n) is 3.81. The van der Waals surface area contributed by atoms with Gasteiger partial charge in [0.15, 0.2) is 17.9 Å². The molecule has 1 amide bonds. The second-order valence-electron chi connectivity index (χ2n) is 6.28. The van der Waals surface area contributed by atoms with Crippen LogP contribution in [0.25, 0.3) is 0 Å². The Labute approximate surface area is 143 Å². The molecular formula is C15H22FN3O6. The van der Waals surface area contributed by atoms with Crippen molar-refractivity contribution in [2.75, 3.05) is 11.9 Å². The number of nitrogens with zero attached hydrogens (tertiary/aromatic N) is 2. The molecule has 140 valence electrons. The predicted octanol–water partition coefficient (Wildman–Crippen LogP) is 0.616. The maximum atomic E-state index is 14.1. The number of hydrogen-bond donors (Lipinski definition) is 3. The molecule has 25 heavy (non-hydrogen) atoms. The van der Waals surface area contributed by atoms with Crippen LogP contribution in [0, 0.1) is 11.7 Å². The van der Waals surface area contributed by atoms with Crippen LogP contribution in [0.5, 0.6) is 0 Å². The highest BCUT2D eigenvalue weighted by Gasteiger charge is 2.42. The Kier molecular flexibility index (Phi) is 6.09. The minimum absolute atomic E-state index is 0.153. The number of aromatic nitrogens is 2. The van der Waals surface area contributed by atoms with Crippen molar-refractivity contribution in [3.05, 3.63) is 22.5 Å². The van der Waals surface area contributed by atoms with E-state index in [1.54, 1.807) is 0 Å². The monoisotopic (exact) mass is 359 g/mol. The van der Waals surface area contributed by atoms with Crippen LogP contribution < -0.4 is 11.0 Å². The smallest absolute Gasteiger partial charge is 0.412 e. The zero-order chi connectivity index (χ0) is 18.7. The minimum atomic E-state index is -1.41. The number of nitrogens with one attached hydrogen (secondary N) is 1. The van der Waals surface area contributed by atoms with Crippen molar-refractivity contribution in [2.45, 2.75) is 51.7 Å². The van der Waals surface area contributed by atoms with E-state index in [4.69, 9.17) is 9.47 Å². The molecule has 3 N–H and O–H groups in total. The maximum Gasteiger partial charge on any atom is 0.412 e. The van der Waals surface area contributed by atoms with Crippen LogP contribution in [0.1, 0.15) is 33.4 Å². The van der Waals surface area contributed by atoms with E-state index in [1.165, 1.54) is 6.92 Å². The number of carbonyl (C=O) groups excluding carboxylic acids is 1. The molecule has 1 aliphatic rings. The summed E-state index contributed by atoms with van der Waals surface area (Å²) in [7, 11) is 0. The summed E-state index contributed by atoms with van der Waals surface area (Å²) in [4.78, 5) is 27.1. The second-order valence-corrected chi connectivity index (χ2v) is 6.28. The fourth-order valence-corrected chi connectivity index (χ4v) is 2.29. The molecule has 2 rings (SSSR count). The SMILES string of the molecule is CC(C)CCOC(=O)Nc1nc(=O)n([C@@H]2O[C@H](C)[C@H](O)[C@H]2O)cc1F.